The minimum Gasteiger partial charge on any atom is -0.543 e. The first-order chi connectivity index (χ1) is 11.4. The van der Waals surface area contributed by atoms with Crippen molar-refractivity contribution in [1.82, 2.24) is 15.2 Å². The van der Waals surface area contributed by atoms with Crippen molar-refractivity contribution < 1.29 is 49.0 Å². The fourth-order valence-electron chi connectivity index (χ4n) is 2.58. The maximum atomic E-state index is 12.3. The minimum atomic E-state index is -1.42. The van der Waals surface area contributed by atoms with E-state index in [1.54, 1.807) is 5.38 Å². The normalized spacial score (nSPS) is 21.8. The van der Waals surface area contributed by atoms with Crippen LogP contribution in [0.25, 0.3) is 0 Å². The summed E-state index contributed by atoms with van der Waals surface area (Å²) in [4.78, 5) is 40.8. The SMILES string of the molecule is C=CC1=C(C(=O)[O-])N2C(=O)C(NC(=O)Cc3csc(N)n3)[C@@H]2SC1.[Na+]. The molecule has 1 aromatic rings. The van der Waals surface area contributed by atoms with Crippen LogP contribution in [0.15, 0.2) is 29.3 Å². The number of fused-ring (bicyclic) bond motifs is 1. The topological polar surface area (TPSA) is 128 Å². The molecule has 1 fully saturated rings. The number of carbonyl (C=O) groups excluding carboxylic acids is 3. The van der Waals surface area contributed by atoms with Gasteiger partial charge in [-0.1, -0.05) is 12.7 Å². The zero-order chi connectivity index (χ0) is 17.4. The molecule has 8 nitrogen and oxygen atoms in total. The summed E-state index contributed by atoms with van der Waals surface area (Å²) < 4.78 is 0. The van der Waals surface area contributed by atoms with Crippen molar-refractivity contribution in [3.05, 3.63) is 35.0 Å². The first kappa shape index (κ1) is 20.0. The number of nitrogen functional groups attached to an aromatic ring is 1. The number of nitrogens with zero attached hydrogens (tertiary/aromatic N) is 2. The number of aliphatic carboxylic acids is 1. The summed E-state index contributed by atoms with van der Waals surface area (Å²) in [5, 5.41) is 15.5. The Kier molecular flexibility index (Phi) is 6.33. The van der Waals surface area contributed by atoms with Gasteiger partial charge in [-0.3, -0.25) is 14.5 Å². The van der Waals surface area contributed by atoms with Gasteiger partial charge in [0, 0.05) is 11.1 Å². The van der Waals surface area contributed by atoms with Gasteiger partial charge in [0.25, 0.3) is 5.91 Å². The van der Waals surface area contributed by atoms with Crippen molar-refractivity contribution in [2.45, 2.75) is 17.8 Å². The van der Waals surface area contributed by atoms with Gasteiger partial charge in [0.1, 0.15) is 11.4 Å². The summed E-state index contributed by atoms with van der Waals surface area (Å²) in [6.45, 7) is 3.56. The number of rotatable bonds is 5. The van der Waals surface area contributed by atoms with Gasteiger partial charge in [-0.05, 0) is 5.57 Å². The number of hydrogen-bond acceptors (Lipinski definition) is 8. The number of β-lactam (4-membered cyclic amide) rings is 1. The molecular formula is C14H13N4NaO4S2. The maximum Gasteiger partial charge on any atom is 1.00 e. The number of carboxylic acids is 1. The zero-order valence-corrected chi connectivity index (χ0v) is 17.0. The maximum absolute atomic E-state index is 12.3. The van der Waals surface area contributed by atoms with Gasteiger partial charge in [-0.2, -0.15) is 0 Å². The van der Waals surface area contributed by atoms with Gasteiger partial charge in [0.15, 0.2) is 5.13 Å². The van der Waals surface area contributed by atoms with Gasteiger partial charge in [-0.15, -0.1) is 23.1 Å². The molecule has 25 heavy (non-hydrogen) atoms. The van der Waals surface area contributed by atoms with Crippen LogP contribution in [-0.2, 0) is 20.8 Å². The Hall–Kier alpha value is -1.33. The molecule has 0 spiro atoms. The molecule has 3 N–H and O–H groups in total. The average Bonchev–Trinajstić information content (AvgIpc) is 2.95. The second-order valence-electron chi connectivity index (χ2n) is 5.17. The van der Waals surface area contributed by atoms with Crippen LogP contribution in [0.1, 0.15) is 5.69 Å². The molecule has 1 saturated heterocycles. The summed E-state index contributed by atoms with van der Waals surface area (Å²) >= 11 is 2.60. The molecule has 0 radical (unpaired) electrons. The minimum absolute atomic E-state index is 0. The Balaban J connectivity index is 0.00000225. The van der Waals surface area contributed by atoms with Gasteiger partial charge in [0.2, 0.25) is 5.91 Å². The number of anilines is 1. The van der Waals surface area contributed by atoms with Gasteiger partial charge >= 0.3 is 29.6 Å². The van der Waals surface area contributed by atoms with Crippen molar-refractivity contribution >= 4 is 46.0 Å². The second-order valence-corrected chi connectivity index (χ2v) is 7.17. The quantitative estimate of drug-likeness (QED) is 0.387. The van der Waals surface area contributed by atoms with E-state index in [2.05, 4.69) is 16.9 Å². The number of nitrogens with one attached hydrogen (secondary N) is 1. The Morgan fingerprint density at radius 2 is 2.28 bits per heavy atom. The Morgan fingerprint density at radius 3 is 2.84 bits per heavy atom. The summed E-state index contributed by atoms with van der Waals surface area (Å²) in [5.74, 6) is -1.88. The first-order valence-electron chi connectivity index (χ1n) is 6.93. The smallest absolute Gasteiger partial charge is 0.543 e. The molecule has 2 aliphatic rings. The predicted octanol–water partition coefficient (Wildman–Crippen LogP) is -4.14. The molecule has 3 rings (SSSR count). The van der Waals surface area contributed by atoms with Crippen molar-refractivity contribution in [2.75, 3.05) is 11.5 Å². The van der Waals surface area contributed by atoms with E-state index in [0.717, 1.165) is 4.90 Å². The molecule has 2 amide bonds. The Labute approximate surface area is 173 Å². The molecule has 0 aliphatic carbocycles. The second kappa shape index (κ2) is 7.92. The third kappa shape index (κ3) is 3.77. The third-order valence-electron chi connectivity index (χ3n) is 3.67. The standard InChI is InChI=1S/C14H14N4O4S2.Na/c1-2-6-4-23-12-9(11(20)18(12)10(6)13(21)22)17-8(19)3-7-5-24-14(15)16-7;/h2,5,9,12H,1,3-4H2,(H2,15,16)(H,17,19)(H,21,22);/q;+1/p-1/t9?,12-;/m0./s1. The van der Waals surface area contributed by atoms with E-state index >= 15 is 0 Å². The number of allylic oxidation sites excluding steroid dienone is 1. The van der Waals surface area contributed by atoms with E-state index < -0.39 is 23.3 Å². The van der Waals surface area contributed by atoms with Crippen molar-refractivity contribution in [3.63, 3.8) is 0 Å². The van der Waals surface area contributed by atoms with Crippen LogP contribution in [0.3, 0.4) is 0 Å². The van der Waals surface area contributed by atoms with Gasteiger partial charge < -0.3 is 21.0 Å². The average molecular weight is 388 g/mol. The monoisotopic (exact) mass is 388 g/mol. The van der Waals surface area contributed by atoms with E-state index in [4.69, 9.17) is 5.73 Å². The molecule has 2 atom stereocenters. The predicted molar refractivity (Wildman–Crippen MR) is 87.5 cm³/mol. The van der Waals surface area contributed by atoms with Crippen molar-refractivity contribution in [2.24, 2.45) is 0 Å². The molecular weight excluding hydrogens is 375 g/mol. The number of carbonyl (C=O) groups is 3. The van der Waals surface area contributed by atoms with Crippen molar-refractivity contribution in [1.29, 1.82) is 0 Å². The summed E-state index contributed by atoms with van der Waals surface area (Å²) in [5.41, 5.74) is 6.30. The zero-order valence-electron chi connectivity index (χ0n) is 13.4. The molecule has 3 heterocycles. The van der Waals surface area contributed by atoms with Crippen LogP contribution in [0.2, 0.25) is 0 Å². The molecule has 0 saturated carbocycles. The molecule has 126 valence electrons. The Bertz CT molecular complexity index is 779. The number of hydrogen-bond donors (Lipinski definition) is 2. The van der Waals surface area contributed by atoms with Crippen LogP contribution in [-0.4, -0.2) is 44.8 Å². The fraction of sp³-hybridized carbons (Fsp3) is 0.286. The summed E-state index contributed by atoms with van der Waals surface area (Å²) in [6, 6.07) is -0.765. The van der Waals surface area contributed by atoms with Crippen LogP contribution < -0.4 is 45.7 Å². The molecule has 2 aliphatic heterocycles. The van der Waals surface area contributed by atoms with Crippen LogP contribution in [0.4, 0.5) is 5.13 Å². The third-order valence-corrected chi connectivity index (χ3v) is 5.69. The van der Waals surface area contributed by atoms with Gasteiger partial charge in [0.05, 0.1) is 23.8 Å². The van der Waals surface area contributed by atoms with E-state index in [0.29, 0.717) is 22.2 Å². The fourth-order valence-corrected chi connectivity index (χ4v) is 4.48. The molecule has 1 aromatic heterocycles. The van der Waals surface area contributed by atoms with Crippen LogP contribution in [0, 0.1) is 0 Å². The molecule has 11 heteroatoms. The van der Waals surface area contributed by atoms with Crippen LogP contribution >= 0.6 is 23.1 Å². The molecule has 0 bridgehead atoms. The number of thiazole rings is 1. The van der Waals surface area contributed by atoms with E-state index in [1.165, 1.54) is 29.2 Å². The number of aromatic nitrogens is 1. The molecule has 0 aromatic carbocycles. The number of amides is 2. The summed E-state index contributed by atoms with van der Waals surface area (Å²) in [6.07, 6.45) is 1.41. The van der Waals surface area contributed by atoms with E-state index in [9.17, 15) is 19.5 Å². The number of carboxylic acid groups (broad SMARTS) is 1. The Morgan fingerprint density at radius 1 is 1.56 bits per heavy atom. The summed E-state index contributed by atoms with van der Waals surface area (Å²) in [7, 11) is 0. The largest absolute Gasteiger partial charge is 1.00 e. The van der Waals surface area contributed by atoms with E-state index in [1.807, 2.05) is 0 Å². The van der Waals surface area contributed by atoms with Crippen LogP contribution in [0.5, 0.6) is 0 Å². The van der Waals surface area contributed by atoms with Gasteiger partial charge in [-0.25, -0.2) is 4.98 Å². The number of thioether (sulfide) groups is 1. The van der Waals surface area contributed by atoms with Crippen molar-refractivity contribution in [3.8, 4) is 0 Å². The molecule has 1 unspecified atom stereocenters. The van der Waals surface area contributed by atoms with E-state index in [-0.39, 0.29) is 47.6 Å². The first-order valence-corrected chi connectivity index (χ1v) is 8.86. The number of nitrogens with two attached hydrogens (primary N) is 1.